The summed E-state index contributed by atoms with van der Waals surface area (Å²) in [5.41, 5.74) is 4.63. The van der Waals surface area contributed by atoms with E-state index in [1.807, 2.05) is 24.3 Å². The Hall–Kier alpha value is -1.49. The van der Waals surface area contributed by atoms with E-state index in [-0.39, 0.29) is 0 Å². The summed E-state index contributed by atoms with van der Waals surface area (Å²) in [6.45, 7) is 0. The van der Waals surface area contributed by atoms with Crippen LogP contribution in [0.2, 0.25) is 5.02 Å². The lowest BCUT2D eigenvalue weighted by molar-refractivity contribution is 0.0871. The number of hydrogen-bond acceptors (Lipinski definition) is 4. The quantitative estimate of drug-likeness (QED) is 0.806. The minimum atomic E-state index is 0.570. The molecule has 0 bridgehead atoms. The summed E-state index contributed by atoms with van der Waals surface area (Å²) < 4.78 is 1.23. The van der Waals surface area contributed by atoms with Crippen molar-refractivity contribution in [2.45, 2.75) is 0 Å². The van der Waals surface area contributed by atoms with Gasteiger partial charge in [0.25, 0.3) is 0 Å². The van der Waals surface area contributed by atoms with Crippen LogP contribution in [0.5, 0.6) is 0 Å². The minimum Gasteiger partial charge on any atom is -0.393 e. The maximum absolute atomic E-state index is 6.20. The van der Waals surface area contributed by atoms with Gasteiger partial charge in [-0.2, -0.15) is 4.53 Å². The standard InChI is InChI=1S/C11H7Cl2N3O/c12-8-4-3-7-2-1-5-14-11(7)10(8)9-6-17-15-16(9)13/h1-6,15H. The fraction of sp³-hybridized carbons (Fsp3) is 0. The Kier molecular flexibility index (Phi) is 2.55. The number of nitrogens with one attached hydrogen (secondary N) is 1. The van der Waals surface area contributed by atoms with E-state index in [1.165, 1.54) is 10.8 Å². The summed E-state index contributed by atoms with van der Waals surface area (Å²) in [6, 6.07) is 7.56. The summed E-state index contributed by atoms with van der Waals surface area (Å²) in [7, 11) is 0. The average Bonchev–Trinajstić information content (AvgIpc) is 2.75. The zero-order valence-corrected chi connectivity index (χ0v) is 10.0. The van der Waals surface area contributed by atoms with E-state index in [1.54, 1.807) is 6.20 Å². The molecule has 0 saturated carbocycles. The molecule has 6 heteroatoms. The fourth-order valence-electron chi connectivity index (χ4n) is 1.75. The van der Waals surface area contributed by atoms with Gasteiger partial charge in [0.15, 0.2) is 0 Å². The third-order valence-electron chi connectivity index (χ3n) is 2.49. The molecule has 1 aromatic carbocycles. The van der Waals surface area contributed by atoms with Crippen molar-refractivity contribution in [2.24, 2.45) is 0 Å². The first-order valence-corrected chi connectivity index (χ1v) is 5.60. The molecule has 1 aliphatic rings. The number of halogens is 2. The van der Waals surface area contributed by atoms with Crippen LogP contribution in [-0.4, -0.2) is 9.51 Å². The smallest absolute Gasteiger partial charge is 0.140 e. The largest absolute Gasteiger partial charge is 0.393 e. The second-order valence-corrected chi connectivity index (χ2v) is 4.24. The molecule has 0 spiro atoms. The number of aromatic nitrogens is 1. The Morgan fingerprint density at radius 2 is 2.18 bits per heavy atom. The Morgan fingerprint density at radius 3 is 2.94 bits per heavy atom. The summed E-state index contributed by atoms with van der Waals surface area (Å²) in [5, 5.41) is 1.56. The average molecular weight is 268 g/mol. The molecule has 0 atom stereocenters. The van der Waals surface area contributed by atoms with Gasteiger partial charge in [-0.1, -0.05) is 29.3 Å². The van der Waals surface area contributed by atoms with Gasteiger partial charge in [-0.3, -0.25) is 4.98 Å². The number of nitrogens with zero attached hydrogens (tertiary/aromatic N) is 2. The maximum Gasteiger partial charge on any atom is 0.140 e. The van der Waals surface area contributed by atoms with Crippen molar-refractivity contribution >= 4 is 40.0 Å². The number of rotatable bonds is 1. The van der Waals surface area contributed by atoms with Gasteiger partial charge in [-0.25, -0.2) is 0 Å². The van der Waals surface area contributed by atoms with E-state index in [2.05, 4.69) is 10.6 Å². The van der Waals surface area contributed by atoms with Gasteiger partial charge < -0.3 is 4.84 Å². The monoisotopic (exact) mass is 267 g/mol. The predicted molar refractivity (Wildman–Crippen MR) is 66.6 cm³/mol. The SMILES string of the molecule is Clc1ccc2cccnc2c1C1=CONN1Cl. The lowest BCUT2D eigenvalue weighted by atomic mass is 10.1. The summed E-state index contributed by atoms with van der Waals surface area (Å²) in [4.78, 5) is 9.25. The molecule has 3 rings (SSSR count). The van der Waals surface area contributed by atoms with E-state index in [9.17, 15) is 0 Å². The number of hydrazine groups is 1. The Bertz CT molecular complexity index is 615. The fourth-order valence-corrected chi connectivity index (χ4v) is 2.16. The van der Waals surface area contributed by atoms with E-state index in [0.717, 1.165) is 16.5 Å². The highest BCUT2D eigenvalue weighted by molar-refractivity contribution is 6.34. The molecule has 17 heavy (non-hydrogen) atoms. The topological polar surface area (TPSA) is 37.4 Å². The second-order valence-electron chi connectivity index (χ2n) is 3.49. The van der Waals surface area contributed by atoms with Crippen LogP contribution in [0.3, 0.4) is 0 Å². The van der Waals surface area contributed by atoms with E-state index < -0.39 is 0 Å². The minimum absolute atomic E-state index is 0.570. The molecule has 86 valence electrons. The Morgan fingerprint density at radius 1 is 1.29 bits per heavy atom. The first kappa shape index (κ1) is 10.7. The van der Waals surface area contributed by atoms with Crippen molar-refractivity contribution in [1.82, 2.24) is 15.1 Å². The van der Waals surface area contributed by atoms with Crippen LogP contribution >= 0.6 is 23.4 Å². The molecule has 0 amide bonds. The van der Waals surface area contributed by atoms with Gasteiger partial charge in [0, 0.05) is 28.9 Å². The molecule has 0 fully saturated rings. The van der Waals surface area contributed by atoms with Crippen molar-refractivity contribution in [1.29, 1.82) is 0 Å². The van der Waals surface area contributed by atoms with Gasteiger partial charge in [0.05, 0.1) is 10.5 Å². The van der Waals surface area contributed by atoms with Crippen molar-refractivity contribution in [3.8, 4) is 0 Å². The molecular formula is C11H7Cl2N3O. The number of pyridine rings is 1. The van der Waals surface area contributed by atoms with Crippen LogP contribution in [0.15, 0.2) is 36.7 Å². The Balaban J connectivity index is 2.31. The van der Waals surface area contributed by atoms with E-state index in [0.29, 0.717) is 10.7 Å². The van der Waals surface area contributed by atoms with E-state index in [4.69, 9.17) is 28.2 Å². The van der Waals surface area contributed by atoms with Crippen LogP contribution < -0.4 is 5.59 Å². The molecule has 0 aliphatic carbocycles. The van der Waals surface area contributed by atoms with Gasteiger partial charge in [-0.15, -0.1) is 0 Å². The number of benzene rings is 1. The molecule has 4 nitrogen and oxygen atoms in total. The lowest BCUT2D eigenvalue weighted by Crippen LogP contribution is -2.20. The zero-order chi connectivity index (χ0) is 11.8. The van der Waals surface area contributed by atoms with Crippen LogP contribution in [0.4, 0.5) is 0 Å². The summed E-state index contributed by atoms with van der Waals surface area (Å²) >= 11 is 12.1. The van der Waals surface area contributed by atoms with E-state index >= 15 is 0 Å². The van der Waals surface area contributed by atoms with Gasteiger partial charge in [0.1, 0.15) is 12.0 Å². The van der Waals surface area contributed by atoms with Crippen LogP contribution in [-0.2, 0) is 4.84 Å². The molecule has 2 heterocycles. The van der Waals surface area contributed by atoms with Crippen LogP contribution in [0.1, 0.15) is 5.56 Å². The van der Waals surface area contributed by atoms with Crippen molar-refractivity contribution in [2.75, 3.05) is 0 Å². The summed E-state index contributed by atoms with van der Waals surface area (Å²) in [6.07, 6.45) is 3.20. The molecule has 1 aromatic heterocycles. The summed E-state index contributed by atoms with van der Waals surface area (Å²) in [5.74, 6) is 0. The molecule has 0 saturated heterocycles. The first-order chi connectivity index (χ1) is 8.27. The molecular weight excluding hydrogens is 261 g/mol. The lowest BCUT2D eigenvalue weighted by Gasteiger charge is -2.12. The predicted octanol–water partition coefficient (Wildman–Crippen LogP) is 3.09. The van der Waals surface area contributed by atoms with Gasteiger partial charge in [0.2, 0.25) is 0 Å². The van der Waals surface area contributed by atoms with Gasteiger partial charge >= 0.3 is 0 Å². The third kappa shape index (κ3) is 1.70. The van der Waals surface area contributed by atoms with Crippen molar-refractivity contribution in [3.05, 3.63) is 47.3 Å². The zero-order valence-electron chi connectivity index (χ0n) is 8.52. The Labute approximate surface area is 107 Å². The highest BCUT2D eigenvalue weighted by atomic mass is 35.5. The third-order valence-corrected chi connectivity index (χ3v) is 3.06. The molecule has 1 aliphatic heterocycles. The van der Waals surface area contributed by atoms with Crippen LogP contribution in [0, 0.1) is 0 Å². The maximum atomic E-state index is 6.20. The molecule has 1 N–H and O–H groups in total. The highest BCUT2D eigenvalue weighted by Crippen LogP contribution is 2.34. The number of hydrogen-bond donors (Lipinski definition) is 1. The van der Waals surface area contributed by atoms with Crippen LogP contribution in [0.25, 0.3) is 16.6 Å². The van der Waals surface area contributed by atoms with Crippen molar-refractivity contribution in [3.63, 3.8) is 0 Å². The normalized spacial score (nSPS) is 14.9. The molecule has 0 radical (unpaired) electrons. The molecule has 2 aromatic rings. The highest BCUT2D eigenvalue weighted by Gasteiger charge is 2.21. The second kappa shape index (κ2) is 4.07. The number of fused-ring (bicyclic) bond motifs is 1. The molecule has 0 unspecified atom stereocenters. The first-order valence-electron chi connectivity index (χ1n) is 4.88. The van der Waals surface area contributed by atoms with Crippen molar-refractivity contribution < 1.29 is 4.84 Å². The van der Waals surface area contributed by atoms with Gasteiger partial charge in [-0.05, 0) is 12.1 Å².